The van der Waals surface area contributed by atoms with Crippen LogP contribution in [0, 0.1) is 5.92 Å². The zero-order valence-corrected chi connectivity index (χ0v) is 9.19. The summed E-state index contributed by atoms with van der Waals surface area (Å²) < 4.78 is 0. The summed E-state index contributed by atoms with van der Waals surface area (Å²) in [6, 6.07) is 8.89. The van der Waals surface area contributed by atoms with Crippen molar-refractivity contribution in [2.75, 3.05) is 0 Å². The fourth-order valence-corrected chi connectivity index (χ4v) is 3.56. The van der Waals surface area contributed by atoms with Crippen LogP contribution in [0.25, 0.3) is 6.08 Å². The number of fused-ring (bicyclic) bond motifs is 2. The maximum Gasteiger partial charge on any atom is 0.0121 e. The second-order valence-electron chi connectivity index (χ2n) is 5.00. The number of hydrogen-bond acceptors (Lipinski definition) is 0. The number of benzene rings is 1. The highest BCUT2D eigenvalue weighted by Gasteiger charge is 2.38. The first-order valence-electron chi connectivity index (χ1n) is 6.11. The van der Waals surface area contributed by atoms with E-state index in [1.54, 1.807) is 11.1 Å². The Labute approximate surface area is 96.0 Å². The summed E-state index contributed by atoms with van der Waals surface area (Å²) in [4.78, 5) is 0. The summed E-state index contributed by atoms with van der Waals surface area (Å²) >= 11 is 0. The fourth-order valence-electron chi connectivity index (χ4n) is 3.56. The lowest BCUT2D eigenvalue weighted by Crippen LogP contribution is -2.16. The molecule has 2 unspecified atom stereocenters. The Morgan fingerprint density at radius 2 is 2.06 bits per heavy atom. The van der Waals surface area contributed by atoms with Crippen molar-refractivity contribution >= 4 is 6.08 Å². The summed E-state index contributed by atoms with van der Waals surface area (Å²) in [6.45, 7) is 0. The van der Waals surface area contributed by atoms with Gasteiger partial charge in [0.1, 0.15) is 0 Å². The van der Waals surface area contributed by atoms with Crippen LogP contribution in [0.15, 0.2) is 53.6 Å². The summed E-state index contributed by atoms with van der Waals surface area (Å²) in [5.41, 5.74) is 6.17. The minimum atomic E-state index is 0.694. The highest BCUT2D eigenvalue weighted by atomic mass is 14.4. The first-order chi connectivity index (χ1) is 7.93. The normalized spacial score (nSPS) is 29.2. The van der Waals surface area contributed by atoms with E-state index in [0.717, 1.165) is 5.92 Å². The Bertz CT molecular complexity index is 543. The standard InChI is InChI=1S/C16H14/c1-2-7-14-12(4-1)10-13-6-3-5-11-8-9-15(14)16(11)13/h1-7,10,15-16H,8-9H2. The van der Waals surface area contributed by atoms with E-state index >= 15 is 0 Å². The van der Waals surface area contributed by atoms with Gasteiger partial charge >= 0.3 is 0 Å². The maximum absolute atomic E-state index is 2.38. The molecule has 1 aromatic carbocycles. The van der Waals surface area contributed by atoms with Crippen molar-refractivity contribution in [1.29, 1.82) is 0 Å². The van der Waals surface area contributed by atoms with Gasteiger partial charge in [0.15, 0.2) is 0 Å². The van der Waals surface area contributed by atoms with Crippen molar-refractivity contribution in [3.05, 3.63) is 64.8 Å². The molecule has 16 heavy (non-hydrogen) atoms. The molecule has 1 saturated carbocycles. The van der Waals surface area contributed by atoms with Crippen LogP contribution in [0.4, 0.5) is 0 Å². The SMILES string of the molecule is C1=CC2=Cc3ccccc3C3CCC(=C1)C23. The van der Waals surface area contributed by atoms with Crippen LogP contribution >= 0.6 is 0 Å². The van der Waals surface area contributed by atoms with Crippen LogP contribution in [0.5, 0.6) is 0 Å². The predicted molar refractivity (Wildman–Crippen MR) is 67.1 cm³/mol. The van der Waals surface area contributed by atoms with Gasteiger partial charge in [-0.3, -0.25) is 0 Å². The second-order valence-corrected chi connectivity index (χ2v) is 5.00. The van der Waals surface area contributed by atoms with Gasteiger partial charge in [0.05, 0.1) is 0 Å². The highest BCUT2D eigenvalue weighted by molar-refractivity contribution is 5.68. The lowest BCUT2D eigenvalue weighted by atomic mass is 9.74. The summed E-state index contributed by atoms with van der Waals surface area (Å²) in [5.74, 6) is 1.44. The molecule has 78 valence electrons. The Morgan fingerprint density at radius 3 is 3.06 bits per heavy atom. The maximum atomic E-state index is 2.38. The molecule has 0 amide bonds. The molecular formula is C16H14. The summed E-state index contributed by atoms with van der Waals surface area (Å²) in [5, 5.41) is 0. The van der Waals surface area contributed by atoms with Crippen LogP contribution in [-0.2, 0) is 0 Å². The topological polar surface area (TPSA) is 0 Å². The molecule has 0 bridgehead atoms. The average Bonchev–Trinajstić information content (AvgIpc) is 2.76. The van der Waals surface area contributed by atoms with E-state index in [2.05, 4.69) is 48.6 Å². The third kappa shape index (κ3) is 0.996. The smallest absolute Gasteiger partial charge is 0.0121 e. The van der Waals surface area contributed by atoms with Crippen molar-refractivity contribution < 1.29 is 0 Å². The van der Waals surface area contributed by atoms with Crippen LogP contribution in [0.2, 0.25) is 0 Å². The van der Waals surface area contributed by atoms with Crippen molar-refractivity contribution in [3.63, 3.8) is 0 Å². The van der Waals surface area contributed by atoms with E-state index in [9.17, 15) is 0 Å². The Morgan fingerprint density at radius 1 is 1.12 bits per heavy atom. The van der Waals surface area contributed by atoms with Crippen LogP contribution < -0.4 is 0 Å². The molecule has 4 rings (SSSR count). The largest absolute Gasteiger partial charge is 0.0624 e. The number of hydrogen-bond donors (Lipinski definition) is 0. The van der Waals surface area contributed by atoms with Gasteiger partial charge in [-0.25, -0.2) is 0 Å². The average molecular weight is 206 g/mol. The van der Waals surface area contributed by atoms with E-state index < -0.39 is 0 Å². The molecule has 0 nitrogen and oxygen atoms in total. The van der Waals surface area contributed by atoms with Crippen molar-refractivity contribution in [2.24, 2.45) is 5.92 Å². The van der Waals surface area contributed by atoms with Crippen LogP contribution in [-0.4, -0.2) is 0 Å². The van der Waals surface area contributed by atoms with E-state index in [1.165, 1.54) is 24.0 Å². The molecule has 3 aliphatic carbocycles. The molecular weight excluding hydrogens is 192 g/mol. The molecule has 1 fully saturated rings. The molecule has 0 aliphatic heterocycles. The third-order valence-electron chi connectivity index (χ3n) is 4.22. The van der Waals surface area contributed by atoms with Crippen molar-refractivity contribution in [3.8, 4) is 0 Å². The Hall–Kier alpha value is -1.56. The van der Waals surface area contributed by atoms with Crippen molar-refractivity contribution in [2.45, 2.75) is 18.8 Å². The molecule has 0 radical (unpaired) electrons. The quantitative estimate of drug-likeness (QED) is 0.600. The van der Waals surface area contributed by atoms with E-state index in [1.807, 2.05) is 0 Å². The minimum absolute atomic E-state index is 0.694. The minimum Gasteiger partial charge on any atom is -0.0624 e. The molecule has 0 N–H and O–H groups in total. The molecule has 2 atom stereocenters. The fraction of sp³-hybridized carbons (Fsp3) is 0.250. The molecule has 0 heteroatoms. The van der Waals surface area contributed by atoms with Gasteiger partial charge in [0.2, 0.25) is 0 Å². The van der Waals surface area contributed by atoms with Gasteiger partial charge in [-0.05, 0) is 35.5 Å². The molecule has 0 heterocycles. The number of allylic oxidation sites excluding steroid dienone is 5. The second kappa shape index (κ2) is 2.98. The molecule has 1 aromatic rings. The van der Waals surface area contributed by atoms with Gasteiger partial charge in [-0.1, -0.05) is 54.1 Å². The molecule has 3 aliphatic rings. The van der Waals surface area contributed by atoms with Crippen LogP contribution in [0.1, 0.15) is 29.9 Å². The van der Waals surface area contributed by atoms with E-state index in [0.29, 0.717) is 5.92 Å². The molecule has 0 aromatic heterocycles. The third-order valence-corrected chi connectivity index (χ3v) is 4.22. The van der Waals surface area contributed by atoms with E-state index in [-0.39, 0.29) is 0 Å². The lowest BCUT2D eigenvalue weighted by Gasteiger charge is -2.30. The van der Waals surface area contributed by atoms with Gasteiger partial charge in [0, 0.05) is 5.92 Å². The van der Waals surface area contributed by atoms with Crippen molar-refractivity contribution in [1.82, 2.24) is 0 Å². The monoisotopic (exact) mass is 206 g/mol. The van der Waals surface area contributed by atoms with E-state index in [4.69, 9.17) is 0 Å². The molecule has 0 spiro atoms. The predicted octanol–water partition coefficient (Wildman–Crippen LogP) is 4.07. The van der Waals surface area contributed by atoms with Gasteiger partial charge in [-0.15, -0.1) is 0 Å². The summed E-state index contributed by atoms with van der Waals surface area (Å²) in [6.07, 6.45) is 11.8. The Kier molecular flexibility index (Phi) is 1.59. The van der Waals surface area contributed by atoms with Gasteiger partial charge in [-0.2, -0.15) is 0 Å². The molecule has 0 saturated heterocycles. The van der Waals surface area contributed by atoms with Gasteiger partial charge in [0.25, 0.3) is 0 Å². The van der Waals surface area contributed by atoms with Crippen LogP contribution in [0.3, 0.4) is 0 Å². The Balaban J connectivity index is 1.99. The first kappa shape index (κ1) is 8.58. The zero-order chi connectivity index (χ0) is 10.5. The first-order valence-corrected chi connectivity index (χ1v) is 6.11. The highest BCUT2D eigenvalue weighted by Crippen LogP contribution is 2.52. The van der Waals surface area contributed by atoms with Gasteiger partial charge < -0.3 is 0 Å². The lowest BCUT2D eigenvalue weighted by molar-refractivity contribution is 0.607. The zero-order valence-electron chi connectivity index (χ0n) is 9.19. The summed E-state index contributed by atoms with van der Waals surface area (Å²) in [7, 11) is 0. The number of rotatable bonds is 0.